The SMILES string of the molecule is Cc1cc(C)cc(OCCNC(=O)CC2CSCCN2)c1. The monoisotopic (exact) mass is 308 g/mol. The van der Waals surface area contributed by atoms with Crippen LogP contribution in [-0.4, -0.2) is 43.2 Å². The minimum atomic E-state index is 0.0963. The van der Waals surface area contributed by atoms with Crippen molar-refractivity contribution in [1.29, 1.82) is 0 Å². The Morgan fingerprint density at radius 2 is 2.14 bits per heavy atom. The summed E-state index contributed by atoms with van der Waals surface area (Å²) < 4.78 is 5.67. The predicted octanol–water partition coefficient (Wildman–Crippen LogP) is 1.89. The number of carbonyl (C=O) groups is 1. The van der Waals surface area contributed by atoms with Crippen molar-refractivity contribution < 1.29 is 9.53 Å². The van der Waals surface area contributed by atoms with Crippen molar-refractivity contribution >= 4 is 17.7 Å². The molecule has 116 valence electrons. The third kappa shape index (κ3) is 5.98. The minimum absolute atomic E-state index is 0.0963. The van der Waals surface area contributed by atoms with Gasteiger partial charge >= 0.3 is 0 Å². The van der Waals surface area contributed by atoms with Gasteiger partial charge in [0, 0.05) is 30.5 Å². The van der Waals surface area contributed by atoms with E-state index in [2.05, 4.69) is 30.5 Å². The normalized spacial score (nSPS) is 18.3. The van der Waals surface area contributed by atoms with Gasteiger partial charge in [-0.1, -0.05) is 6.07 Å². The molecule has 2 rings (SSSR count). The lowest BCUT2D eigenvalue weighted by Gasteiger charge is -2.22. The number of nitrogens with one attached hydrogen (secondary N) is 2. The first-order valence-electron chi connectivity index (χ1n) is 7.42. The molecule has 4 nitrogen and oxygen atoms in total. The molecule has 1 fully saturated rings. The summed E-state index contributed by atoms with van der Waals surface area (Å²) in [5.74, 6) is 3.13. The zero-order valence-electron chi connectivity index (χ0n) is 12.8. The van der Waals surface area contributed by atoms with Gasteiger partial charge in [0.15, 0.2) is 0 Å². The van der Waals surface area contributed by atoms with Gasteiger partial charge in [0.2, 0.25) is 5.91 Å². The number of benzene rings is 1. The van der Waals surface area contributed by atoms with Crippen molar-refractivity contribution in [2.24, 2.45) is 0 Å². The molecule has 0 radical (unpaired) electrons. The molecule has 0 aromatic heterocycles. The summed E-state index contributed by atoms with van der Waals surface area (Å²) in [6, 6.07) is 6.45. The van der Waals surface area contributed by atoms with E-state index >= 15 is 0 Å². The molecule has 2 N–H and O–H groups in total. The first-order chi connectivity index (χ1) is 10.1. The number of rotatable bonds is 6. The summed E-state index contributed by atoms with van der Waals surface area (Å²) in [5, 5.41) is 6.28. The Kier molecular flexibility index (Phi) is 6.39. The second-order valence-electron chi connectivity index (χ2n) is 5.45. The van der Waals surface area contributed by atoms with Gasteiger partial charge in [-0.05, 0) is 37.1 Å². The molecule has 0 aliphatic carbocycles. The highest BCUT2D eigenvalue weighted by Crippen LogP contribution is 2.15. The highest BCUT2D eigenvalue weighted by molar-refractivity contribution is 7.99. The van der Waals surface area contributed by atoms with E-state index in [-0.39, 0.29) is 5.91 Å². The Bertz CT molecular complexity index is 453. The molecular formula is C16H24N2O2S. The Labute approximate surface area is 131 Å². The van der Waals surface area contributed by atoms with Crippen molar-refractivity contribution in [3.63, 3.8) is 0 Å². The molecule has 21 heavy (non-hydrogen) atoms. The third-order valence-corrected chi connectivity index (χ3v) is 4.45. The molecule has 1 heterocycles. The quantitative estimate of drug-likeness (QED) is 0.788. The molecule has 0 saturated carbocycles. The molecule has 1 atom stereocenters. The first kappa shape index (κ1) is 16.2. The van der Waals surface area contributed by atoms with Crippen molar-refractivity contribution in [3.05, 3.63) is 29.3 Å². The number of aryl methyl sites for hydroxylation is 2. The van der Waals surface area contributed by atoms with Gasteiger partial charge in [0.1, 0.15) is 12.4 Å². The number of amides is 1. The van der Waals surface area contributed by atoms with Gasteiger partial charge in [0.25, 0.3) is 0 Å². The topological polar surface area (TPSA) is 50.4 Å². The lowest BCUT2D eigenvalue weighted by molar-refractivity contribution is -0.121. The number of hydrogen-bond acceptors (Lipinski definition) is 4. The van der Waals surface area contributed by atoms with E-state index in [1.54, 1.807) is 0 Å². The second kappa shape index (κ2) is 8.29. The molecule has 1 amide bonds. The summed E-state index contributed by atoms with van der Waals surface area (Å²) in [6.07, 6.45) is 0.552. The Balaban J connectivity index is 1.63. The summed E-state index contributed by atoms with van der Waals surface area (Å²) >= 11 is 1.91. The molecule has 1 aromatic rings. The molecular weight excluding hydrogens is 284 g/mol. The van der Waals surface area contributed by atoms with Gasteiger partial charge in [-0.25, -0.2) is 0 Å². The first-order valence-corrected chi connectivity index (χ1v) is 8.58. The van der Waals surface area contributed by atoms with Crippen LogP contribution >= 0.6 is 11.8 Å². The van der Waals surface area contributed by atoms with E-state index in [0.717, 1.165) is 23.8 Å². The molecule has 5 heteroatoms. The average Bonchev–Trinajstić information content (AvgIpc) is 2.44. The molecule has 1 unspecified atom stereocenters. The highest BCUT2D eigenvalue weighted by Gasteiger charge is 2.16. The molecule has 0 spiro atoms. The van der Waals surface area contributed by atoms with E-state index in [4.69, 9.17) is 4.74 Å². The van der Waals surface area contributed by atoms with Gasteiger partial charge in [0.05, 0.1) is 6.54 Å². The van der Waals surface area contributed by atoms with E-state index in [0.29, 0.717) is 25.6 Å². The zero-order chi connectivity index (χ0) is 15.1. The summed E-state index contributed by atoms with van der Waals surface area (Å²) in [7, 11) is 0. The lowest BCUT2D eigenvalue weighted by atomic mass is 10.1. The summed E-state index contributed by atoms with van der Waals surface area (Å²) in [6.45, 7) is 6.15. The van der Waals surface area contributed by atoms with Crippen molar-refractivity contribution in [2.75, 3.05) is 31.2 Å². The Hall–Kier alpha value is -1.20. The third-order valence-electron chi connectivity index (χ3n) is 3.32. The average molecular weight is 308 g/mol. The van der Waals surface area contributed by atoms with Crippen molar-refractivity contribution in [3.8, 4) is 5.75 Å². The van der Waals surface area contributed by atoms with Crippen LogP contribution in [0.2, 0.25) is 0 Å². The fraction of sp³-hybridized carbons (Fsp3) is 0.562. The number of thioether (sulfide) groups is 1. The Morgan fingerprint density at radius 1 is 1.38 bits per heavy atom. The van der Waals surface area contributed by atoms with E-state index in [9.17, 15) is 4.79 Å². The van der Waals surface area contributed by atoms with E-state index in [1.165, 1.54) is 11.1 Å². The fourth-order valence-corrected chi connectivity index (χ4v) is 3.37. The lowest BCUT2D eigenvalue weighted by Crippen LogP contribution is -2.41. The van der Waals surface area contributed by atoms with Crippen LogP contribution in [0, 0.1) is 13.8 Å². The predicted molar refractivity (Wildman–Crippen MR) is 88.2 cm³/mol. The van der Waals surface area contributed by atoms with Crippen LogP contribution in [-0.2, 0) is 4.79 Å². The Morgan fingerprint density at radius 3 is 2.81 bits per heavy atom. The van der Waals surface area contributed by atoms with E-state index < -0.39 is 0 Å². The van der Waals surface area contributed by atoms with Crippen LogP contribution < -0.4 is 15.4 Å². The largest absolute Gasteiger partial charge is 0.492 e. The maximum atomic E-state index is 11.8. The molecule has 0 bridgehead atoms. The van der Waals surface area contributed by atoms with Crippen LogP contribution in [0.1, 0.15) is 17.5 Å². The minimum Gasteiger partial charge on any atom is -0.492 e. The zero-order valence-corrected chi connectivity index (χ0v) is 13.6. The van der Waals surface area contributed by atoms with Gasteiger partial charge in [-0.2, -0.15) is 11.8 Å². The van der Waals surface area contributed by atoms with Crippen LogP contribution in [0.25, 0.3) is 0 Å². The molecule has 1 aromatic carbocycles. The van der Waals surface area contributed by atoms with Gasteiger partial charge in [-0.15, -0.1) is 0 Å². The maximum absolute atomic E-state index is 11.8. The van der Waals surface area contributed by atoms with Crippen LogP contribution in [0.3, 0.4) is 0 Å². The van der Waals surface area contributed by atoms with Gasteiger partial charge in [-0.3, -0.25) is 4.79 Å². The van der Waals surface area contributed by atoms with Crippen LogP contribution in [0.4, 0.5) is 0 Å². The second-order valence-corrected chi connectivity index (χ2v) is 6.60. The van der Waals surface area contributed by atoms with Crippen LogP contribution in [0.15, 0.2) is 18.2 Å². The molecule has 1 saturated heterocycles. The van der Waals surface area contributed by atoms with Crippen molar-refractivity contribution in [1.82, 2.24) is 10.6 Å². The standard InChI is InChI=1S/C16H24N2O2S/c1-12-7-13(2)9-15(8-12)20-5-3-18-16(19)10-14-11-21-6-4-17-14/h7-9,14,17H,3-6,10-11H2,1-2H3,(H,18,19). The number of hydrogen-bond donors (Lipinski definition) is 2. The fourth-order valence-electron chi connectivity index (χ4n) is 2.42. The van der Waals surface area contributed by atoms with E-state index in [1.807, 2.05) is 23.9 Å². The summed E-state index contributed by atoms with van der Waals surface area (Å²) in [5.41, 5.74) is 2.38. The van der Waals surface area contributed by atoms with Crippen molar-refractivity contribution in [2.45, 2.75) is 26.3 Å². The maximum Gasteiger partial charge on any atom is 0.221 e. The summed E-state index contributed by atoms with van der Waals surface area (Å²) in [4.78, 5) is 11.8. The van der Waals surface area contributed by atoms with Gasteiger partial charge < -0.3 is 15.4 Å². The number of ether oxygens (including phenoxy) is 1. The molecule has 1 aliphatic rings. The number of carbonyl (C=O) groups excluding carboxylic acids is 1. The molecule has 1 aliphatic heterocycles. The van der Waals surface area contributed by atoms with Crippen LogP contribution in [0.5, 0.6) is 5.75 Å². The smallest absolute Gasteiger partial charge is 0.221 e. The highest BCUT2D eigenvalue weighted by atomic mass is 32.2.